The molecular weight excluding hydrogens is 234 g/mol. The van der Waals surface area contributed by atoms with Gasteiger partial charge in [0.2, 0.25) is 0 Å². The molecule has 2 rings (SSSR count). The van der Waals surface area contributed by atoms with Crippen molar-refractivity contribution in [3.05, 3.63) is 65.7 Å². The largest absolute Gasteiger partial charge is 0.497 e. The average Bonchev–Trinajstić information content (AvgIpc) is 2.46. The molecular formula is C17H21NO. The van der Waals surface area contributed by atoms with E-state index in [-0.39, 0.29) is 6.04 Å². The molecule has 2 atom stereocenters. The summed E-state index contributed by atoms with van der Waals surface area (Å²) in [5.74, 6) is 1.21. The molecule has 0 saturated carbocycles. The Bertz CT molecular complexity index is 490. The van der Waals surface area contributed by atoms with Gasteiger partial charge in [-0.2, -0.15) is 0 Å². The molecule has 0 aliphatic carbocycles. The highest BCUT2D eigenvalue weighted by molar-refractivity contribution is 5.31. The van der Waals surface area contributed by atoms with E-state index in [2.05, 4.69) is 43.3 Å². The van der Waals surface area contributed by atoms with Gasteiger partial charge in [-0.3, -0.25) is 0 Å². The van der Waals surface area contributed by atoms with Crippen LogP contribution in [-0.2, 0) is 6.42 Å². The van der Waals surface area contributed by atoms with Gasteiger partial charge in [0.05, 0.1) is 7.11 Å². The van der Waals surface area contributed by atoms with Crippen molar-refractivity contribution in [2.75, 3.05) is 7.11 Å². The summed E-state index contributed by atoms with van der Waals surface area (Å²) < 4.78 is 5.20. The predicted molar refractivity (Wildman–Crippen MR) is 79.5 cm³/mol. The number of ether oxygens (including phenoxy) is 1. The monoisotopic (exact) mass is 255 g/mol. The minimum atomic E-state index is 0.119. The van der Waals surface area contributed by atoms with Crippen LogP contribution in [0, 0.1) is 0 Å². The Kier molecular flexibility index (Phi) is 4.58. The van der Waals surface area contributed by atoms with E-state index in [0.29, 0.717) is 5.92 Å². The lowest BCUT2D eigenvalue weighted by Crippen LogP contribution is -2.26. The second-order valence-corrected chi connectivity index (χ2v) is 4.93. The highest BCUT2D eigenvalue weighted by Crippen LogP contribution is 2.25. The molecule has 0 aliphatic heterocycles. The Hall–Kier alpha value is -1.80. The van der Waals surface area contributed by atoms with Gasteiger partial charge in [0.15, 0.2) is 0 Å². The van der Waals surface area contributed by atoms with Crippen molar-refractivity contribution in [1.82, 2.24) is 0 Å². The quantitative estimate of drug-likeness (QED) is 0.889. The molecule has 0 unspecified atom stereocenters. The van der Waals surface area contributed by atoms with Crippen molar-refractivity contribution in [2.45, 2.75) is 25.3 Å². The van der Waals surface area contributed by atoms with Crippen LogP contribution in [0.5, 0.6) is 5.75 Å². The van der Waals surface area contributed by atoms with E-state index in [1.165, 1.54) is 11.1 Å². The van der Waals surface area contributed by atoms with Gasteiger partial charge in [-0.15, -0.1) is 0 Å². The van der Waals surface area contributed by atoms with E-state index in [1.807, 2.05) is 18.2 Å². The van der Waals surface area contributed by atoms with E-state index >= 15 is 0 Å². The third-order valence-corrected chi connectivity index (χ3v) is 3.48. The molecule has 0 aromatic heterocycles. The summed E-state index contributed by atoms with van der Waals surface area (Å²) in [6.45, 7) is 2.07. The number of hydrogen-bond acceptors (Lipinski definition) is 2. The Balaban J connectivity index is 2.19. The Labute approximate surface area is 115 Å². The number of benzene rings is 2. The number of methoxy groups -OCH3 is 1. The van der Waals surface area contributed by atoms with Gasteiger partial charge in [-0.05, 0) is 36.6 Å². The van der Waals surface area contributed by atoms with E-state index in [1.54, 1.807) is 7.11 Å². The zero-order chi connectivity index (χ0) is 13.7. The highest BCUT2D eigenvalue weighted by atomic mass is 16.5. The summed E-state index contributed by atoms with van der Waals surface area (Å²) in [7, 11) is 1.68. The van der Waals surface area contributed by atoms with Crippen molar-refractivity contribution in [3.8, 4) is 5.75 Å². The zero-order valence-electron chi connectivity index (χ0n) is 11.5. The first-order chi connectivity index (χ1) is 9.20. The van der Waals surface area contributed by atoms with Crippen LogP contribution in [0.4, 0.5) is 0 Å². The van der Waals surface area contributed by atoms with Crippen LogP contribution < -0.4 is 10.5 Å². The van der Waals surface area contributed by atoms with Crippen LogP contribution in [-0.4, -0.2) is 13.2 Å². The van der Waals surface area contributed by atoms with Crippen LogP contribution in [0.25, 0.3) is 0 Å². The topological polar surface area (TPSA) is 35.2 Å². The lowest BCUT2D eigenvalue weighted by atomic mass is 9.87. The van der Waals surface area contributed by atoms with Gasteiger partial charge in [-0.25, -0.2) is 0 Å². The molecule has 0 aliphatic rings. The molecule has 0 saturated heterocycles. The van der Waals surface area contributed by atoms with Gasteiger partial charge in [-0.1, -0.05) is 42.5 Å². The van der Waals surface area contributed by atoms with Gasteiger partial charge >= 0.3 is 0 Å². The summed E-state index contributed by atoms with van der Waals surface area (Å²) in [5.41, 5.74) is 8.74. The van der Waals surface area contributed by atoms with E-state index in [4.69, 9.17) is 10.5 Å². The first kappa shape index (κ1) is 13.6. The van der Waals surface area contributed by atoms with Crippen LogP contribution in [0.15, 0.2) is 54.6 Å². The molecule has 0 bridgehead atoms. The third-order valence-electron chi connectivity index (χ3n) is 3.48. The minimum Gasteiger partial charge on any atom is -0.497 e. The molecule has 0 amide bonds. The smallest absolute Gasteiger partial charge is 0.118 e. The van der Waals surface area contributed by atoms with Gasteiger partial charge in [0, 0.05) is 12.0 Å². The fourth-order valence-corrected chi connectivity index (χ4v) is 2.33. The molecule has 2 nitrogen and oxygen atoms in total. The SMILES string of the molecule is COc1ccc([C@@H](Cc2ccccc2)[C@@H](C)N)cc1. The molecule has 100 valence electrons. The molecule has 2 aromatic rings. The average molecular weight is 255 g/mol. The molecule has 0 fully saturated rings. The molecule has 0 spiro atoms. The summed E-state index contributed by atoms with van der Waals surface area (Å²) in [6, 6.07) is 18.8. The maximum Gasteiger partial charge on any atom is 0.118 e. The maximum absolute atomic E-state index is 6.16. The first-order valence-electron chi connectivity index (χ1n) is 6.64. The van der Waals surface area contributed by atoms with Crippen LogP contribution in [0.1, 0.15) is 24.0 Å². The summed E-state index contributed by atoms with van der Waals surface area (Å²) in [6.07, 6.45) is 0.963. The van der Waals surface area contributed by atoms with Crippen molar-refractivity contribution >= 4 is 0 Å². The fraction of sp³-hybridized carbons (Fsp3) is 0.294. The molecule has 0 heterocycles. The van der Waals surface area contributed by atoms with Crippen LogP contribution in [0.2, 0.25) is 0 Å². The zero-order valence-corrected chi connectivity index (χ0v) is 11.5. The Morgan fingerprint density at radius 2 is 1.63 bits per heavy atom. The number of rotatable bonds is 5. The predicted octanol–water partition coefficient (Wildman–Crippen LogP) is 3.37. The second-order valence-electron chi connectivity index (χ2n) is 4.93. The normalized spacial score (nSPS) is 13.8. The Morgan fingerprint density at radius 3 is 2.16 bits per heavy atom. The van der Waals surface area contributed by atoms with Crippen LogP contribution >= 0.6 is 0 Å². The molecule has 19 heavy (non-hydrogen) atoms. The molecule has 2 aromatic carbocycles. The lowest BCUT2D eigenvalue weighted by Gasteiger charge is -2.21. The van der Waals surface area contributed by atoms with Crippen molar-refractivity contribution in [1.29, 1.82) is 0 Å². The van der Waals surface area contributed by atoms with E-state index in [0.717, 1.165) is 12.2 Å². The van der Waals surface area contributed by atoms with Gasteiger partial charge in [0.25, 0.3) is 0 Å². The van der Waals surface area contributed by atoms with Crippen LogP contribution in [0.3, 0.4) is 0 Å². The van der Waals surface area contributed by atoms with E-state index in [9.17, 15) is 0 Å². The summed E-state index contributed by atoms with van der Waals surface area (Å²) in [4.78, 5) is 0. The lowest BCUT2D eigenvalue weighted by molar-refractivity contribution is 0.414. The minimum absolute atomic E-state index is 0.119. The Morgan fingerprint density at radius 1 is 1.00 bits per heavy atom. The molecule has 2 N–H and O–H groups in total. The summed E-state index contributed by atoms with van der Waals surface area (Å²) in [5, 5.41) is 0. The molecule has 2 heteroatoms. The third kappa shape index (κ3) is 3.58. The van der Waals surface area contributed by atoms with Crippen molar-refractivity contribution in [3.63, 3.8) is 0 Å². The molecule has 0 radical (unpaired) electrons. The number of hydrogen-bond donors (Lipinski definition) is 1. The van der Waals surface area contributed by atoms with E-state index < -0.39 is 0 Å². The second kappa shape index (κ2) is 6.39. The maximum atomic E-state index is 6.16. The highest BCUT2D eigenvalue weighted by Gasteiger charge is 2.16. The van der Waals surface area contributed by atoms with Crippen molar-refractivity contribution in [2.24, 2.45) is 5.73 Å². The summed E-state index contributed by atoms with van der Waals surface area (Å²) >= 11 is 0. The first-order valence-corrected chi connectivity index (χ1v) is 6.64. The standard InChI is InChI=1S/C17H21NO/c1-13(18)17(12-14-6-4-3-5-7-14)15-8-10-16(19-2)11-9-15/h3-11,13,17H,12,18H2,1-2H3/t13-,17+/m1/s1. The fourth-order valence-electron chi connectivity index (χ4n) is 2.33. The number of nitrogens with two attached hydrogens (primary N) is 1. The van der Waals surface area contributed by atoms with Gasteiger partial charge in [0.1, 0.15) is 5.75 Å². The van der Waals surface area contributed by atoms with Gasteiger partial charge < -0.3 is 10.5 Å². The van der Waals surface area contributed by atoms with Crippen molar-refractivity contribution < 1.29 is 4.74 Å².